The Bertz CT molecular complexity index is 812. The van der Waals surface area contributed by atoms with Crippen molar-refractivity contribution in [1.29, 1.82) is 5.26 Å². The maximum atomic E-state index is 13.9. The van der Waals surface area contributed by atoms with E-state index in [1.165, 1.54) is 12.1 Å². The second-order valence-electron chi connectivity index (χ2n) is 3.70. The van der Waals surface area contributed by atoms with E-state index < -0.39 is 20.7 Å². The van der Waals surface area contributed by atoms with Gasteiger partial charge in [-0.3, -0.25) is 4.72 Å². The van der Waals surface area contributed by atoms with E-state index >= 15 is 0 Å². The van der Waals surface area contributed by atoms with Crippen LogP contribution in [0.4, 0.5) is 15.1 Å². The van der Waals surface area contributed by atoms with Gasteiger partial charge >= 0.3 is 0 Å². The van der Waals surface area contributed by atoms with Crippen LogP contribution in [-0.2, 0) is 10.0 Å². The Kier molecular flexibility index (Phi) is 3.99. The molecule has 20 heavy (non-hydrogen) atoms. The van der Waals surface area contributed by atoms with Crippen LogP contribution in [0.5, 0.6) is 0 Å². The van der Waals surface area contributed by atoms with Crippen LogP contribution in [-0.4, -0.2) is 8.42 Å². The van der Waals surface area contributed by atoms with Crippen molar-refractivity contribution in [2.75, 3.05) is 10.5 Å². The van der Waals surface area contributed by atoms with Crippen molar-refractivity contribution in [3.63, 3.8) is 0 Å². The summed E-state index contributed by atoms with van der Waals surface area (Å²) in [5.41, 5.74) is 5.79. The number of nitrogens with zero attached hydrogens (tertiary/aromatic N) is 1. The fourth-order valence-electron chi connectivity index (χ4n) is 1.43. The molecule has 0 spiro atoms. The highest BCUT2D eigenvalue weighted by molar-refractivity contribution is 9.10. The number of rotatable bonds is 3. The van der Waals surface area contributed by atoms with Crippen molar-refractivity contribution >= 4 is 48.0 Å². The van der Waals surface area contributed by atoms with E-state index in [0.29, 0.717) is 0 Å². The van der Waals surface area contributed by atoms with Gasteiger partial charge in [0, 0.05) is 5.69 Å². The van der Waals surface area contributed by atoms with Gasteiger partial charge in [0.15, 0.2) is 5.82 Å². The van der Waals surface area contributed by atoms with Gasteiger partial charge in [-0.25, -0.2) is 12.8 Å². The van der Waals surface area contributed by atoms with E-state index in [-0.39, 0.29) is 20.7 Å². The number of hydrogen-bond donors (Lipinski definition) is 2. The van der Waals surface area contributed by atoms with Crippen LogP contribution in [0.3, 0.4) is 0 Å². The molecule has 0 amide bonds. The molecule has 1 aromatic carbocycles. The molecule has 3 N–H and O–H groups in total. The summed E-state index contributed by atoms with van der Waals surface area (Å²) in [5, 5.41) is 10.5. The van der Waals surface area contributed by atoms with Crippen LogP contribution >= 0.6 is 27.3 Å². The molecule has 1 aromatic heterocycles. The van der Waals surface area contributed by atoms with Crippen molar-refractivity contribution in [3.8, 4) is 6.07 Å². The average Bonchev–Trinajstić information content (AvgIpc) is 2.80. The Balaban J connectivity index is 2.50. The van der Waals surface area contributed by atoms with Gasteiger partial charge in [0.25, 0.3) is 10.0 Å². The Morgan fingerprint density at radius 3 is 2.80 bits per heavy atom. The van der Waals surface area contributed by atoms with Crippen LogP contribution in [0.2, 0.25) is 0 Å². The van der Waals surface area contributed by atoms with Crippen LogP contribution in [0, 0.1) is 17.1 Å². The monoisotopic (exact) mass is 375 g/mol. The van der Waals surface area contributed by atoms with Gasteiger partial charge in [-0.05, 0) is 39.5 Å². The summed E-state index contributed by atoms with van der Waals surface area (Å²) in [6, 6.07) is 5.59. The number of nitrogens with two attached hydrogens (primary N) is 1. The minimum absolute atomic E-state index is 0.0513. The topological polar surface area (TPSA) is 96.0 Å². The molecule has 0 aliphatic heterocycles. The summed E-state index contributed by atoms with van der Waals surface area (Å²) in [4.78, 5) is -0.582. The smallest absolute Gasteiger partial charge is 0.265 e. The molecule has 0 aliphatic rings. The fraction of sp³-hybridized carbons (Fsp3) is 0. The lowest BCUT2D eigenvalue weighted by molar-refractivity contribution is 0.567. The number of hydrogen-bond acceptors (Lipinski definition) is 5. The van der Waals surface area contributed by atoms with Gasteiger partial charge in [0.05, 0.1) is 10.0 Å². The molecule has 0 fully saturated rings. The van der Waals surface area contributed by atoms with Gasteiger partial charge in [-0.2, -0.15) is 5.26 Å². The number of thiophene rings is 1. The summed E-state index contributed by atoms with van der Waals surface area (Å²) < 4.78 is 40.4. The largest absolute Gasteiger partial charge is 0.399 e. The van der Waals surface area contributed by atoms with Crippen LogP contribution in [0.25, 0.3) is 0 Å². The zero-order valence-electron chi connectivity index (χ0n) is 9.72. The molecule has 5 nitrogen and oxygen atoms in total. The lowest BCUT2D eigenvalue weighted by Crippen LogP contribution is -2.15. The number of halogens is 2. The predicted molar refractivity (Wildman–Crippen MR) is 78.4 cm³/mol. The van der Waals surface area contributed by atoms with E-state index in [1.54, 1.807) is 5.38 Å². The Morgan fingerprint density at radius 1 is 1.45 bits per heavy atom. The van der Waals surface area contributed by atoms with Crippen molar-refractivity contribution < 1.29 is 12.8 Å². The summed E-state index contributed by atoms with van der Waals surface area (Å²) in [7, 11) is -4.17. The van der Waals surface area contributed by atoms with Gasteiger partial charge in [-0.15, -0.1) is 11.3 Å². The molecular weight excluding hydrogens is 369 g/mol. The first-order valence-electron chi connectivity index (χ1n) is 5.10. The number of nitriles is 1. The maximum absolute atomic E-state index is 13.9. The molecule has 104 valence electrons. The highest BCUT2D eigenvalue weighted by Crippen LogP contribution is 2.30. The third kappa shape index (κ3) is 2.77. The van der Waals surface area contributed by atoms with Crippen molar-refractivity contribution in [2.24, 2.45) is 0 Å². The van der Waals surface area contributed by atoms with Crippen LogP contribution in [0.1, 0.15) is 5.56 Å². The van der Waals surface area contributed by atoms with E-state index in [4.69, 9.17) is 11.0 Å². The quantitative estimate of drug-likeness (QED) is 0.806. The molecule has 1 heterocycles. The van der Waals surface area contributed by atoms with E-state index in [2.05, 4.69) is 20.7 Å². The minimum Gasteiger partial charge on any atom is -0.399 e. The summed E-state index contributed by atoms with van der Waals surface area (Å²) >= 11 is 3.93. The third-order valence-electron chi connectivity index (χ3n) is 2.32. The lowest BCUT2D eigenvalue weighted by atomic mass is 10.3. The molecule has 0 saturated heterocycles. The Morgan fingerprint density at radius 2 is 2.15 bits per heavy atom. The third-order valence-corrected chi connectivity index (χ3v) is 5.20. The standard InChI is InChI=1S/C11H7BrFN3O2S2/c12-8-3-7(15)4-9(10(8)13)20(17,18)16-11-6(5-14)1-2-19-11/h1-4,16H,15H2. The SMILES string of the molecule is N#Cc1ccsc1NS(=O)(=O)c1cc(N)cc(Br)c1F. The second kappa shape index (κ2) is 5.40. The fourth-order valence-corrected chi connectivity index (χ4v) is 4.25. The minimum atomic E-state index is -4.17. The number of nitrogens with one attached hydrogen (secondary N) is 1. The highest BCUT2D eigenvalue weighted by Gasteiger charge is 2.23. The molecule has 0 aliphatic carbocycles. The van der Waals surface area contributed by atoms with E-state index in [0.717, 1.165) is 17.4 Å². The maximum Gasteiger partial charge on any atom is 0.265 e. The van der Waals surface area contributed by atoms with Crippen LogP contribution < -0.4 is 10.5 Å². The van der Waals surface area contributed by atoms with Crippen LogP contribution in [0.15, 0.2) is 32.9 Å². The highest BCUT2D eigenvalue weighted by atomic mass is 79.9. The molecule has 0 radical (unpaired) electrons. The van der Waals surface area contributed by atoms with Crippen molar-refractivity contribution in [1.82, 2.24) is 0 Å². The van der Waals surface area contributed by atoms with E-state index in [1.807, 2.05) is 6.07 Å². The van der Waals surface area contributed by atoms with Crippen molar-refractivity contribution in [3.05, 3.63) is 39.4 Å². The second-order valence-corrected chi connectivity index (χ2v) is 7.12. The molecule has 2 aromatic rings. The number of benzene rings is 1. The summed E-state index contributed by atoms with van der Waals surface area (Å²) in [6.45, 7) is 0. The number of anilines is 2. The normalized spacial score (nSPS) is 11.1. The molecular formula is C11H7BrFN3O2S2. The first-order chi connectivity index (χ1) is 9.35. The average molecular weight is 376 g/mol. The molecule has 0 bridgehead atoms. The van der Waals surface area contributed by atoms with Crippen molar-refractivity contribution in [2.45, 2.75) is 4.90 Å². The molecule has 9 heteroatoms. The number of sulfonamides is 1. The first-order valence-corrected chi connectivity index (χ1v) is 8.25. The Labute approximate surface area is 127 Å². The zero-order valence-corrected chi connectivity index (χ0v) is 12.9. The van der Waals surface area contributed by atoms with E-state index in [9.17, 15) is 12.8 Å². The molecule has 2 rings (SSSR count). The summed E-state index contributed by atoms with van der Waals surface area (Å²) in [6.07, 6.45) is 0. The predicted octanol–water partition coefficient (Wildman–Crippen LogP) is 2.90. The van der Waals surface area contributed by atoms with Gasteiger partial charge in [-0.1, -0.05) is 0 Å². The summed E-state index contributed by atoms with van der Waals surface area (Å²) in [5.74, 6) is -0.943. The van der Waals surface area contributed by atoms with Gasteiger partial charge in [0.2, 0.25) is 0 Å². The molecule has 0 atom stereocenters. The Hall–Kier alpha value is -1.63. The molecule has 0 saturated carbocycles. The zero-order chi connectivity index (χ0) is 14.9. The first kappa shape index (κ1) is 14.8. The number of nitrogen functional groups attached to an aromatic ring is 1. The molecule has 0 unspecified atom stereocenters. The lowest BCUT2D eigenvalue weighted by Gasteiger charge is -2.09. The van der Waals surface area contributed by atoms with Gasteiger partial charge in [0.1, 0.15) is 16.0 Å². The van der Waals surface area contributed by atoms with Gasteiger partial charge < -0.3 is 5.73 Å².